The number of nitrogens with zero attached hydrogens (tertiary/aromatic N) is 1. The van der Waals surface area contributed by atoms with Crippen LogP contribution in [0.3, 0.4) is 0 Å². The van der Waals surface area contributed by atoms with Crippen LogP contribution in [0.15, 0.2) is 54.6 Å². The van der Waals surface area contributed by atoms with Crippen LogP contribution >= 0.6 is 0 Å². The van der Waals surface area contributed by atoms with E-state index in [1.54, 1.807) is 0 Å². The zero-order chi connectivity index (χ0) is 23.7. The second kappa shape index (κ2) is 11.8. The first kappa shape index (κ1) is 24.7. The first-order valence-corrected chi connectivity index (χ1v) is 11.5. The minimum absolute atomic E-state index is 0.191. The Labute approximate surface area is 196 Å². The monoisotopic (exact) mass is 453 g/mol. The fourth-order valence-corrected chi connectivity index (χ4v) is 3.85. The van der Waals surface area contributed by atoms with Gasteiger partial charge in [-0.25, -0.2) is 0 Å². The van der Waals surface area contributed by atoms with E-state index < -0.39 is 17.4 Å². The number of nitrogens with two attached hydrogens (primary N) is 1. The van der Waals surface area contributed by atoms with Crippen LogP contribution in [0, 0.1) is 5.41 Å². The Morgan fingerprint density at radius 2 is 1.79 bits per heavy atom. The highest BCUT2D eigenvalue weighted by atomic mass is 16.5. The van der Waals surface area contributed by atoms with Gasteiger partial charge in [0.05, 0.1) is 13.2 Å². The fraction of sp³-hybridized carbons (Fsp3) is 0.462. The molecule has 0 saturated carbocycles. The quantitative estimate of drug-likeness (QED) is 0.545. The summed E-state index contributed by atoms with van der Waals surface area (Å²) in [6.45, 7) is 7.96. The minimum atomic E-state index is -0.718. The van der Waals surface area contributed by atoms with E-state index in [1.807, 2.05) is 68.4 Å². The van der Waals surface area contributed by atoms with E-state index in [9.17, 15) is 9.59 Å². The van der Waals surface area contributed by atoms with Crippen molar-refractivity contribution in [1.82, 2.24) is 10.2 Å². The number of carbonyl (C=O) groups is 2. The van der Waals surface area contributed by atoms with E-state index in [2.05, 4.69) is 10.2 Å². The van der Waals surface area contributed by atoms with E-state index >= 15 is 0 Å². The van der Waals surface area contributed by atoms with Crippen LogP contribution in [0.5, 0.6) is 5.75 Å². The maximum atomic E-state index is 13.0. The number of morpholine rings is 1. The van der Waals surface area contributed by atoms with Gasteiger partial charge in [0, 0.05) is 25.0 Å². The molecule has 178 valence electrons. The number of primary amides is 1. The van der Waals surface area contributed by atoms with Gasteiger partial charge in [-0.1, -0.05) is 56.3 Å². The Balaban J connectivity index is 1.55. The molecule has 0 spiro atoms. The number of benzene rings is 2. The number of ether oxygens (including phenoxy) is 2. The molecule has 0 unspecified atom stereocenters. The zero-order valence-corrected chi connectivity index (χ0v) is 19.6. The molecule has 33 heavy (non-hydrogen) atoms. The number of rotatable bonds is 11. The average Bonchev–Trinajstić information content (AvgIpc) is 2.81. The van der Waals surface area contributed by atoms with Gasteiger partial charge in [-0.3, -0.25) is 14.5 Å². The highest BCUT2D eigenvalue weighted by molar-refractivity contribution is 5.89. The Morgan fingerprint density at radius 1 is 1.09 bits per heavy atom. The smallest absolute Gasteiger partial charge is 0.240 e. The molecule has 7 heteroatoms. The molecular formula is C26H35N3O4. The summed E-state index contributed by atoms with van der Waals surface area (Å²) in [5.41, 5.74) is 6.95. The van der Waals surface area contributed by atoms with Crippen molar-refractivity contribution in [3.8, 4) is 5.75 Å². The Morgan fingerprint density at radius 3 is 2.48 bits per heavy atom. The summed E-state index contributed by atoms with van der Waals surface area (Å²) in [4.78, 5) is 27.2. The topological polar surface area (TPSA) is 93.9 Å². The van der Waals surface area contributed by atoms with Crippen molar-refractivity contribution in [1.29, 1.82) is 0 Å². The van der Waals surface area contributed by atoms with Crippen molar-refractivity contribution in [3.05, 3.63) is 65.7 Å². The highest BCUT2D eigenvalue weighted by Gasteiger charge is 2.31. The summed E-state index contributed by atoms with van der Waals surface area (Å²) in [5, 5.41) is 2.88. The van der Waals surface area contributed by atoms with Crippen molar-refractivity contribution in [2.24, 2.45) is 11.1 Å². The first-order chi connectivity index (χ1) is 15.8. The molecule has 3 rings (SSSR count). The van der Waals surface area contributed by atoms with Gasteiger partial charge in [0.1, 0.15) is 18.4 Å². The van der Waals surface area contributed by atoms with Crippen LogP contribution in [-0.4, -0.2) is 55.6 Å². The van der Waals surface area contributed by atoms with Crippen molar-refractivity contribution < 1.29 is 19.1 Å². The van der Waals surface area contributed by atoms with Crippen molar-refractivity contribution in [2.45, 2.75) is 39.3 Å². The SMILES string of the molecule is CC(C)(Cc1cccc(OCc2ccccc2)c1)C(=O)N[C@@H](CCN1CCOCC1)C(N)=O. The number of hydrogen-bond donors (Lipinski definition) is 2. The van der Waals surface area contributed by atoms with Gasteiger partial charge in [0.2, 0.25) is 11.8 Å². The van der Waals surface area contributed by atoms with E-state index in [4.69, 9.17) is 15.2 Å². The van der Waals surface area contributed by atoms with Gasteiger partial charge < -0.3 is 20.5 Å². The second-order valence-corrected chi connectivity index (χ2v) is 9.15. The average molecular weight is 454 g/mol. The molecule has 1 saturated heterocycles. The molecule has 2 amide bonds. The molecule has 2 aromatic rings. The Bertz CT molecular complexity index is 911. The van der Waals surface area contributed by atoms with Crippen molar-refractivity contribution in [2.75, 3.05) is 32.8 Å². The Hall–Kier alpha value is -2.90. The number of hydrogen-bond acceptors (Lipinski definition) is 5. The third kappa shape index (κ3) is 7.87. The van der Waals surface area contributed by atoms with Crippen LogP contribution < -0.4 is 15.8 Å². The van der Waals surface area contributed by atoms with Crippen LogP contribution in [0.2, 0.25) is 0 Å². The standard InChI is InChI=1S/C26H35N3O4/c1-26(2,25(31)28-23(24(27)30)11-12-29-13-15-32-16-14-29)18-21-9-6-10-22(17-21)33-19-20-7-4-3-5-8-20/h3-10,17,23H,11-16,18-19H2,1-2H3,(H2,27,30)(H,28,31)/t23-/m0/s1. The fourth-order valence-electron chi connectivity index (χ4n) is 3.85. The molecule has 1 aliphatic rings. The third-order valence-corrected chi connectivity index (χ3v) is 5.89. The van der Waals surface area contributed by atoms with Crippen LogP contribution in [0.25, 0.3) is 0 Å². The molecule has 0 bridgehead atoms. The summed E-state index contributed by atoms with van der Waals surface area (Å²) in [6, 6.07) is 17.1. The predicted molar refractivity (Wildman–Crippen MR) is 128 cm³/mol. The normalized spacial score (nSPS) is 15.6. The molecule has 0 aromatic heterocycles. The number of carbonyl (C=O) groups excluding carboxylic acids is 2. The van der Waals surface area contributed by atoms with Crippen LogP contribution in [-0.2, 0) is 27.4 Å². The van der Waals surface area contributed by atoms with Gasteiger partial charge in [0.25, 0.3) is 0 Å². The molecule has 3 N–H and O–H groups in total. The van der Waals surface area contributed by atoms with E-state index in [0.717, 1.165) is 30.0 Å². The summed E-state index contributed by atoms with van der Waals surface area (Å²) in [7, 11) is 0. The summed E-state index contributed by atoms with van der Waals surface area (Å²) >= 11 is 0. The lowest BCUT2D eigenvalue weighted by Crippen LogP contribution is -2.51. The second-order valence-electron chi connectivity index (χ2n) is 9.15. The van der Waals surface area contributed by atoms with Gasteiger partial charge in [-0.15, -0.1) is 0 Å². The van der Waals surface area contributed by atoms with Crippen LogP contribution in [0.1, 0.15) is 31.4 Å². The lowest BCUT2D eigenvalue weighted by Gasteiger charge is -2.29. The summed E-state index contributed by atoms with van der Waals surface area (Å²) < 4.78 is 11.3. The van der Waals surface area contributed by atoms with Gasteiger partial charge in [0.15, 0.2) is 0 Å². The van der Waals surface area contributed by atoms with E-state index in [-0.39, 0.29) is 5.91 Å². The lowest BCUT2D eigenvalue weighted by atomic mass is 9.84. The molecule has 2 aromatic carbocycles. The van der Waals surface area contributed by atoms with E-state index in [1.165, 1.54) is 0 Å². The largest absolute Gasteiger partial charge is 0.489 e. The molecule has 0 aliphatic carbocycles. The van der Waals surface area contributed by atoms with Crippen molar-refractivity contribution in [3.63, 3.8) is 0 Å². The van der Waals surface area contributed by atoms with Gasteiger partial charge in [-0.2, -0.15) is 0 Å². The molecule has 1 fully saturated rings. The molecule has 1 atom stereocenters. The molecule has 7 nitrogen and oxygen atoms in total. The first-order valence-electron chi connectivity index (χ1n) is 11.5. The van der Waals surface area contributed by atoms with Gasteiger partial charge in [-0.05, 0) is 36.1 Å². The predicted octanol–water partition coefficient (Wildman–Crippen LogP) is 2.53. The molecular weight excluding hydrogens is 418 g/mol. The van der Waals surface area contributed by atoms with E-state index in [0.29, 0.717) is 39.2 Å². The van der Waals surface area contributed by atoms with Gasteiger partial charge >= 0.3 is 0 Å². The lowest BCUT2D eigenvalue weighted by molar-refractivity contribution is -0.133. The summed E-state index contributed by atoms with van der Waals surface area (Å²) in [6.07, 6.45) is 0.996. The molecule has 1 heterocycles. The summed E-state index contributed by atoms with van der Waals surface area (Å²) in [5.74, 6) is 0.0562. The highest BCUT2D eigenvalue weighted by Crippen LogP contribution is 2.25. The minimum Gasteiger partial charge on any atom is -0.489 e. The Kier molecular flexibility index (Phi) is 8.86. The molecule has 0 radical (unpaired) electrons. The number of nitrogens with one attached hydrogen (secondary N) is 1. The third-order valence-electron chi connectivity index (χ3n) is 5.89. The van der Waals surface area contributed by atoms with Crippen LogP contribution in [0.4, 0.5) is 0 Å². The molecule has 1 aliphatic heterocycles. The van der Waals surface area contributed by atoms with Crippen molar-refractivity contribution >= 4 is 11.8 Å². The zero-order valence-electron chi connectivity index (χ0n) is 19.6. The maximum absolute atomic E-state index is 13.0. The number of amides is 2. The maximum Gasteiger partial charge on any atom is 0.240 e.